The molecule has 5 nitrogen and oxygen atoms in total. The van der Waals surface area contributed by atoms with Crippen LogP contribution in [0.4, 0.5) is 8.71 Å². The van der Waals surface area contributed by atoms with Gasteiger partial charge in [-0.2, -0.15) is 0 Å². The third-order valence-electron chi connectivity index (χ3n) is 5.68. The van der Waals surface area contributed by atoms with E-state index in [1.807, 2.05) is 0 Å². The van der Waals surface area contributed by atoms with Gasteiger partial charge in [0, 0.05) is 13.0 Å². The van der Waals surface area contributed by atoms with Crippen LogP contribution < -0.4 is 0 Å². The predicted molar refractivity (Wildman–Crippen MR) is 117 cm³/mol. The van der Waals surface area contributed by atoms with Crippen LogP contribution >= 0.6 is 0 Å². The molecule has 0 aromatic carbocycles. The molecular weight excluding hydrogens is 377 g/mol. The Labute approximate surface area is 178 Å². The molecule has 0 saturated carbocycles. The Morgan fingerprint density at radius 3 is 1.72 bits per heavy atom. The fraction of sp³-hybridized carbons (Fsp3) is 0.952. The number of aliphatic hydroxyl groups is 1. The van der Waals surface area contributed by atoms with Gasteiger partial charge in [-0.15, -0.1) is 0 Å². The number of esters is 1. The van der Waals surface area contributed by atoms with Crippen LogP contribution in [0.1, 0.15) is 57.8 Å². The number of nitrogens with zero attached hydrogens (tertiary/aromatic N) is 2. The number of carbonyl (C=O) groups is 1. The van der Waals surface area contributed by atoms with E-state index in [-0.39, 0.29) is 5.97 Å². The zero-order valence-electron chi connectivity index (χ0n) is 19.0. The van der Waals surface area contributed by atoms with Gasteiger partial charge in [0.2, 0.25) is 0 Å². The summed E-state index contributed by atoms with van der Waals surface area (Å²) in [4.78, 5) is 15.6. The van der Waals surface area contributed by atoms with Crippen molar-refractivity contribution in [3.8, 4) is 0 Å². The van der Waals surface area contributed by atoms with Crippen molar-refractivity contribution in [1.29, 1.82) is 0 Å². The molecule has 0 unspecified atom stereocenters. The molecule has 172 valence electrons. The van der Waals surface area contributed by atoms with Crippen molar-refractivity contribution in [2.75, 3.05) is 61.2 Å². The van der Waals surface area contributed by atoms with E-state index in [4.69, 9.17) is 9.42 Å². The van der Waals surface area contributed by atoms with E-state index < -0.39 is 0 Å². The van der Waals surface area contributed by atoms with Crippen LogP contribution in [0.2, 0.25) is 0 Å². The number of likely N-dealkylation sites (tertiary alicyclic amines) is 2. The van der Waals surface area contributed by atoms with Gasteiger partial charge in [-0.25, -0.2) is 0 Å². The van der Waals surface area contributed by atoms with Crippen molar-refractivity contribution in [3.63, 3.8) is 0 Å². The Morgan fingerprint density at radius 1 is 0.931 bits per heavy atom. The largest absolute Gasteiger partial charge is 0.469 e. The summed E-state index contributed by atoms with van der Waals surface area (Å²) >= 11 is 0. The molecule has 0 aromatic rings. The van der Waals surface area contributed by atoms with E-state index >= 15 is 0 Å². The van der Waals surface area contributed by atoms with Crippen LogP contribution in [-0.4, -0.2) is 90.2 Å². The van der Waals surface area contributed by atoms with Crippen LogP contribution in [0.5, 0.6) is 0 Å². The Hall–Kier alpha value is -0.725. The number of hydrogen-bond acceptors (Lipinski definition) is 5. The van der Waals surface area contributed by atoms with Gasteiger partial charge in [-0.3, -0.25) is 9.18 Å². The van der Waals surface area contributed by atoms with Crippen LogP contribution in [0.3, 0.4) is 0 Å². The lowest BCUT2D eigenvalue weighted by molar-refractivity contribution is -0.140. The zero-order chi connectivity index (χ0) is 22.5. The van der Waals surface area contributed by atoms with Crippen LogP contribution in [-0.2, 0) is 9.53 Å². The molecule has 2 heterocycles. The highest BCUT2D eigenvalue weighted by atomic mass is 19.1. The van der Waals surface area contributed by atoms with E-state index in [0.717, 1.165) is 24.7 Å². The highest BCUT2D eigenvalue weighted by molar-refractivity contribution is 5.96. The highest BCUT2D eigenvalue weighted by Crippen LogP contribution is 2.22. The number of ether oxygens (including phenoxy) is 1. The fourth-order valence-corrected chi connectivity index (χ4v) is 3.69. The number of unbranched alkanes of at least 4 members (excludes halogenated alkanes) is 1. The zero-order valence-corrected chi connectivity index (χ0v) is 19.0. The molecule has 0 bridgehead atoms. The van der Waals surface area contributed by atoms with E-state index in [9.17, 15) is 9.18 Å². The number of piperidine rings is 2. The summed E-state index contributed by atoms with van der Waals surface area (Å²) in [5.74, 6) is 1.61. The second kappa shape index (κ2) is 22.0. The smallest absolute Gasteiger partial charge is 0.350 e. The van der Waals surface area contributed by atoms with Gasteiger partial charge >= 0.3 is 14.1 Å². The van der Waals surface area contributed by atoms with Crippen molar-refractivity contribution >= 4 is 14.1 Å². The highest BCUT2D eigenvalue weighted by Gasteiger charge is 2.16. The summed E-state index contributed by atoms with van der Waals surface area (Å²) in [5.41, 5.74) is 0. The van der Waals surface area contributed by atoms with Crippen LogP contribution in [0.15, 0.2) is 0 Å². The maximum absolute atomic E-state index is 10.9. The Bertz CT molecular complexity index is 353. The molecule has 2 rings (SSSR count). The summed E-state index contributed by atoms with van der Waals surface area (Å²) in [5, 5.41) is 8.67. The summed E-state index contributed by atoms with van der Waals surface area (Å²) in [6, 6.07) is 0. The molecule has 0 spiro atoms. The van der Waals surface area contributed by atoms with Gasteiger partial charge in [0.15, 0.2) is 0 Å². The SMILES string of the molecule is CF.CN1CCC(CCO)CC1.COC(=O)CCCCC1CCN(C)CC1.[B]F. The molecule has 0 aliphatic carbocycles. The maximum Gasteiger partial charge on any atom is 0.350 e. The number of hydrogen-bond donors (Lipinski definition) is 1. The second-order valence-corrected chi connectivity index (χ2v) is 7.83. The predicted octanol–water partition coefficient (Wildman–Crippen LogP) is 3.40. The number of methoxy groups -OCH3 is 1. The molecule has 0 atom stereocenters. The molecule has 29 heavy (non-hydrogen) atoms. The second-order valence-electron chi connectivity index (χ2n) is 7.83. The summed E-state index contributed by atoms with van der Waals surface area (Å²) < 4.78 is 23.1. The maximum atomic E-state index is 10.9. The molecule has 0 amide bonds. The third kappa shape index (κ3) is 17.8. The topological polar surface area (TPSA) is 53.0 Å². The molecular formula is C21H43BF2N2O3. The monoisotopic (exact) mass is 420 g/mol. The van der Waals surface area contributed by atoms with Crippen LogP contribution in [0.25, 0.3) is 0 Å². The average molecular weight is 420 g/mol. The molecule has 2 saturated heterocycles. The lowest BCUT2D eigenvalue weighted by atomic mass is 9.91. The number of halogens is 2. The van der Waals surface area contributed by atoms with Crippen molar-refractivity contribution in [1.82, 2.24) is 9.80 Å². The average Bonchev–Trinajstić information content (AvgIpc) is 2.77. The minimum absolute atomic E-state index is 0.0709. The first-order valence-electron chi connectivity index (χ1n) is 10.7. The third-order valence-corrected chi connectivity index (χ3v) is 5.68. The van der Waals surface area contributed by atoms with Crippen molar-refractivity contribution in [2.45, 2.75) is 57.8 Å². The summed E-state index contributed by atoms with van der Waals surface area (Å²) in [7, 11) is 9.31. The lowest BCUT2D eigenvalue weighted by Gasteiger charge is -2.28. The van der Waals surface area contributed by atoms with Crippen LogP contribution in [0, 0.1) is 11.8 Å². The number of carbonyl (C=O) groups excluding carboxylic acids is 1. The molecule has 0 aromatic heterocycles. The Morgan fingerprint density at radius 2 is 1.34 bits per heavy atom. The molecule has 2 aliphatic heterocycles. The first-order chi connectivity index (χ1) is 14.0. The first-order valence-corrected chi connectivity index (χ1v) is 10.7. The van der Waals surface area contributed by atoms with Gasteiger partial charge < -0.3 is 24.0 Å². The standard InChI is InChI=1S/C12H23NO2.C8H17NO.CH3F.BF/c1-13-9-7-11(8-10-13)5-3-4-6-12(14)15-2;1-9-5-2-8(3-6-9)4-7-10;2*1-2/h11H,3-10H2,1-2H3;8,10H,2-7H2,1H3;1H3;. The molecule has 2 radical (unpaired) electrons. The van der Waals surface area contributed by atoms with E-state index in [1.165, 1.54) is 71.8 Å². The Kier molecular flexibility index (Phi) is 23.1. The first kappa shape index (κ1) is 30.5. The number of aliphatic hydroxyl groups excluding tert-OH is 1. The molecule has 2 aliphatic rings. The van der Waals surface area contributed by atoms with Gasteiger partial charge in [0.05, 0.1) is 14.3 Å². The lowest BCUT2D eigenvalue weighted by Crippen LogP contribution is -2.30. The van der Waals surface area contributed by atoms with Crippen molar-refractivity contribution in [2.24, 2.45) is 11.8 Å². The molecule has 2 fully saturated rings. The van der Waals surface area contributed by atoms with E-state index in [2.05, 4.69) is 36.8 Å². The van der Waals surface area contributed by atoms with Gasteiger partial charge in [-0.05, 0) is 90.6 Å². The van der Waals surface area contributed by atoms with E-state index in [0.29, 0.717) is 20.2 Å². The van der Waals surface area contributed by atoms with Gasteiger partial charge in [0.25, 0.3) is 0 Å². The van der Waals surface area contributed by atoms with Crippen molar-refractivity contribution in [3.05, 3.63) is 0 Å². The van der Waals surface area contributed by atoms with E-state index in [1.54, 1.807) is 0 Å². The Balaban J connectivity index is 0. The minimum atomic E-state index is -0.0709. The fourth-order valence-electron chi connectivity index (χ4n) is 3.69. The normalized spacial score (nSPS) is 18.3. The van der Waals surface area contributed by atoms with Crippen molar-refractivity contribution < 1.29 is 23.3 Å². The summed E-state index contributed by atoms with van der Waals surface area (Å²) in [6.45, 7) is 5.27. The van der Waals surface area contributed by atoms with Gasteiger partial charge in [-0.1, -0.05) is 12.8 Å². The quantitative estimate of drug-likeness (QED) is 0.389. The summed E-state index contributed by atoms with van der Waals surface area (Å²) in [6.07, 6.45) is 10.2. The van der Waals surface area contributed by atoms with Gasteiger partial charge in [0.1, 0.15) is 0 Å². The molecule has 1 N–H and O–H groups in total. The molecule has 8 heteroatoms. The number of rotatable bonds is 7. The minimum Gasteiger partial charge on any atom is -0.469 e. The number of alkyl halides is 1.